The summed E-state index contributed by atoms with van der Waals surface area (Å²) >= 11 is 0. The van der Waals surface area contributed by atoms with E-state index in [1.165, 1.54) is 10.5 Å². The van der Waals surface area contributed by atoms with Gasteiger partial charge in [0.2, 0.25) is 0 Å². The van der Waals surface area contributed by atoms with E-state index >= 15 is 0 Å². The largest absolute Gasteiger partial charge is 0.309 e. The molecule has 0 spiro atoms. The van der Waals surface area contributed by atoms with E-state index in [0.717, 1.165) is 12.1 Å². The van der Waals surface area contributed by atoms with Crippen LogP contribution < -0.4 is 4.90 Å². The lowest BCUT2D eigenvalue weighted by Gasteiger charge is -2.15. The second kappa shape index (κ2) is 4.73. The lowest BCUT2D eigenvalue weighted by molar-refractivity contribution is 0.0983. The van der Waals surface area contributed by atoms with Gasteiger partial charge >= 0.3 is 0 Å². The third-order valence-corrected chi connectivity index (χ3v) is 2.57. The molecule has 88 valence electrons. The number of aryl methyl sites for hydroxylation is 1. The number of carbonyl (C=O) groups excluding carboxylic acids is 1. The number of hydrogen-bond acceptors (Lipinski definition) is 4. The van der Waals surface area contributed by atoms with Crippen LogP contribution in [-0.4, -0.2) is 33.6 Å². The summed E-state index contributed by atoms with van der Waals surface area (Å²) in [5, 5.41) is 12.9. The maximum Gasteiger partial charge on any atom is 0.299 e. The smallest absolute Gasteiger partial charge is 0.299 e. The normalized spacial score (nSPS) is 10.2. The van der Waals surface area contributed by atoms with Gasteiger partial charge in [0.15, 0.2) is 0 Å². The Morgan fingerprint density at radius 1 is 1.35 bits per heavy atom. The fraction of sp³-hybridized carbons (Fsp3) is 0.273. The molecule has 1 N–H and O–H groups in total. The van der Waals surface area contributed by atoms with E-state index in [2.05, 4.69) is 27.5 Å². The van der Waals surface area contributed by atoms with Crippen molar-refractivity contribution in [1.29, 1.82) is 0 Å². The SMILES string of the molecule is CCc1ccc(N(C)C(=O)c2nn[nH]n2)cc1. The Hall–Kier alpha value is -2.24. The molecule has 0 radical (unpaired) electrons. The van der Waals surface area contributed by atoms with Gasteiger partial charge in [0.1, 0.15) is 0 Å². The predicted octanol–water partition coefficient (Wildman–Crippen LogP) is 1.04. The number of aromatic nitrogens is 4. The molecule has 2 aromatic rings. The summed E-state index contributed by atoms with van der Waals surface area (Å²) in [5.41, 5.74) is 2.03. The Morgan fingerprint density at radius 2 is 2.06 bits per heavy atom. The molecule has 0 fully saturated rings. The van der Waals surface area contributed by atoms with E-state index in [4.69, 9.17) is 0 Å². The molecular weight excluding hydrogens is 218 g/mol. The number of benzene rings is 1. The van der Waals surface area contributed by atoms with Gasteiger partial charge in [0.05, 0.1) is 0 Å². The molecular formula is C11H13N5O. The van der Waals surface area contributed by atoms with Crippen molar-refractivity contribution in [3.63, 3.8) is 0 Å². The zero-order valence-electron chi connectivity index (χ0n) is 9.71. The number of rotatable bonds is 3. The molecule has 1 heterocycles. The van der Waals surface area contributed by atoms with Crippen LogP contribution in [0.25, 0.3) is 0 Å². The third-order valence-electron chi connectivity index (χ3n) is 2.57. The highest BCUT2D eigenvalue weighted by Crippen LogP contribution is 2.15. The second-order valence-corrected chi connectivity index (χ2v) is 3.62. The zero-order valence-corrected chi connectivity index (χ0v) is 9.71. The Balaban J connectivity index is 2.19. The average Bonchev–Trinajstić information content (AvgIpc) is 2.91. The molecule has 0 bridgehead atoms. The van der Waals surface area contributed by atoms with Crippen LogP contribution in [0.2, 0.25) is 0 Å². The molecule has 0 aliphatic heterocycles. The van der Waals surface area contributed by atoms with E-state index in [1.54, 1.807) is 7.05 Å². The van der Waals surface area contributed by atoms with E-state index in [1.807, 2.05) is 24.3 Å². The number of hydrogen-bond donors (Lipinski definition) is 1. The second-order valence-electron chi connectivity index (χ2n) is 3.62. The van der Waals surface area contributed by atoms with Crippen molar-refractivity contribution in [2.45, 2.75) is 13.3 Å². The first-order valence-electron chi connectivity index (χ1n) is 5.33. The predicted molar refractivity (Wildman–Crippen MR) is 62.7 cm³/mol. The Bertz CT molecular complexity index is 491. The van der Waals surface area contributed by atoms with Crippen LogP contribution in [0.4, 0.5) is 5.69 Å². The van der Waals surface area contributed by atoms with E-state index in [-0.39, 0.29) is 11.7 Å². The van der Waals surface area contributed by atoms with Crippen molar-refractivity contribution in [1.82, 2.24) is 20.6 Å². The molecule has 0 aliphatic rings. The van der Waals surface area contributed by atoms with Crippen molar-refractivity contribution in [3.05, 3.63) is 35.7 Å². The maximum atomic E-state index is 11.9. The standard InChI is InChI=1S/C11H13N5O/c1-3-8-4-6-9(7-5-8)16(2)11(17)10-12-14-15-13-10/h4-7H,3H2,1-2H3,(H,12,13,14,15). The summed E-state index contributed by atoms with van der Waals surface area (Å²) in [6.45, 7) is 2.09. The van der Waals surface area contributed by atoms with Gasteiger partial charge in [-0.2, -0.15) is 5.21 Å². The van der Waals surface area contributed by atoms with E-state index < -0.39 is 0 Å². The zero-order chi connectivity index (χ0) is 12.3. The maximum absolute atomic E-state index is 11.9. The molecule has 0 saturated carbocycles. The van der Waals surface area contributed by atoms with Crippen molar-refractivity contribution in [2.24, 2.45) is 0 Å². The van der Waals surface area contributed by atoms with Gasteiger partial charge in [-0.1, -0.05) is 19.1 Å². The first kappa shape index (κ1) is 11.3. The Labute approximate surface area is 98.6 Å². The average molecular weight is 231 g/mol. The van der Waals surface area contributed by atoms with Gasteiger partial charge in [-0.3, -0.25) is 4.79 Å². The van der Waals surface area contributed by atoms with Crippen molar-refractivity contribution in [3.8, 4) is 0 Å². The third kappa shape index (κ3) is 2.30. The van der Waals surface area contributed by atoms with E-state index in [9.17, 15) is 4.79 Å². The number of carbonyl (C=O) groups is 1. The number of tetrazole rings is 1. The molecule has 1 amide bonds. The van der Waals surface area contributed by atoms with Crippen molar-refractivity contribution < 1.29 is 4.79 Å². The van der Waals surface area contributed by atoms with Crippen LogP contribution in [0.5, 0.6) is 0 Å². The van der Waals surface area contributed by atoms with Gasteiger partial charge in [0, 0.05) is 12.7 Å². The summed E-state index contributed by atoms with van der Waals surface area (Å²) in [7, 11) is 1.68. The summed E-state index contributed by atoms with van der Waals surface area (Å²) in [6, 6.07) is 7.79. The van der Waals surface area contributed by atoms with Gasteiger partial charge < -0.3 is 4.90 Å². The molecule has 0 saturated heterocycles. The lowest BCUT2D eigenvalue weighted by Crippen LogP contribution is -2.27. The van der Waals surface area contributed by atoms with Crippen molar-refractivity contribution >= 4 is 11.6 Å². The van der Waals surface area contributed by atoms with Gasteiger partial charge in [0.25, 0.3) is 11.7 Å². The number of anilines is 1. The quantitative estimate of drug-likeness (QED) is 0.856. The molecule has 6 nitrogen and oxygen atoms in total. The summed E-state index contributed by atoms with van der Waals surface area (Å²) < 4.78 is 0. The van der Waals surface area contributed by atoms with Crippen LogP contribution >= 0.6 is 0 Å². The minimum Gasteiger partial charge on any atom is -0.309 e. The van der Waals surface area contributed by atoms with Crippen molar-refractivity contribution in [2.75, 3.05) is 11.9 Å². The number of aromatic amines is 1. The first-order chi connectivity index (χ1) is 8.22. The highest BCUT2D eigenvalue weighted by Gasteiger charge is 2.17. The summed E-state index contributed by atoms with van der Waals surface area (Å²) in [4.78, 5) is 13.4. The number of nitrogens with zero attached hydrogens (tertiary/aromatic N) is 4. The van der Waals surface area contributed by atoms with Gasteiger partial charge in [-0.05, 0) is 29.3 Å². The van der Waals surface area contributed by atoms with E-state index in [0.29, 0.717) is 0 Å². The molecule has 0 aliphatic carbocycles. The van der Waals surface area contributed by atoms with Crippen LogP contribution in [0.1, 0.15) is 23.1 Å². The van der Waals surface area contributed by atoms with Crippen LogP contribution in [-0.2, 0) is 6.42 Å². The number of amides is 1. The highest BCUT2D eigenvalue weighted by atomic mass is 16.2. The Kier molecular flexibility index (Phi) is 3.13. The molecule has 1 aromatic heterocycles. The minimum absolute atomic E-state index is 0.0621. The molecule has 0 unspecified atom stereocenters. The van der Waals surface area contributed by atoms with Crippen LogP contribution in [0.3, 0.4) is 0 Å². The lowest BCUT2D eigenvalue weighted by atomic mass is 10.1. The number of nitrogens with one attached hydrogen (secondary N) is 1. The fourth-order valence-electron chi connectivity index (χ4n) is 1.47. The highest BCUT2D eigenvalue weighted by molar-refractivity contribution is 6.02. The van der Waals surface area contributed by atoms with Crippen LogP contribution in [0.15, 0.2) is 24.3 Å². The summed E-state index contributed by atoms with van der Waals surface area (Å²) in [6.07, 6.45) is 0.975. The van der Waals surface area contributed by atoms with Gasteiger partial charge in [-0.25, -0.2) is 0 Å². The fourth-order valence-corrected chi connectivity index (χ4v) is 1.47. The molecule has 6 heteroatoms. The number of H-pyrrole nitrogens is 1. The molecule has 17 heavy (non-hydrogen) atoms. The van der Waals surface area contributed by atoms with Gasteiger partial charge in [-0.15, -0.1) is 10.2 Å². The minimum atomic E-state index is -0.289. The van der Waals surface area contributed by atoms with Crippen LogP contribution in [0, 0.1) is 0 Å². The molecule has 2 rings (SSSR count). The molecule has 0 atom stereocenters. The summed E-state index contributed by atoms with van der Waals surface area (Å²) in [5.74, 6) is -0.227. The first-order valence-corrected chi connectivity index (χ1v) is 5.33. The Morgan fingerprint density at radius 3 is 2.59 bits per heavy atom. The molecule has 1 aromatic carbocycles. The monoisotopic (exact) mass is 231 g/mol. The topological polar surface area (TPSA) is 74.8 Å².